The first kappa shape index (κ1) is 19.4. The number of amidine groups is 1. The molecule has 2 heterocycles. The zero-order valence-corrected chi connectivity index (χ0v) is 16.6. The van der Waals surface area contributed by atoms with Crippen molar-refractivity contribution in [3.8, 4) is 0 Å². The van der Waals surface area contributed by atoms with Crippen molar-refractivity contribution in [1.29, 1.82) is 0 Å². The Bertz CT molecular complexity index is 852. The van der Waals surface area contributed by atoms with Gasteiger partial charge in [0, 0.05) is 18.4 Å². The normalized spacial score (nSPS) is 14.5. The van der Waals surface area contributed by atoms with Crippen molar-refractivity contribution in [1.82, 2.24) is 25.4 Å². The summed E-state index contributed by atoms with van der Waals surface area (Å²) in [6.07, 6.45) is 0. The Labute approximate surface area is 165 Å². The van der Waals surface area contributed by atoms with Gasteiger partial charge in [-0.05, 0) is 19.1 Å². The van der Waals surface area contributed by atoms with E-state index < -0.39 is 0 Å². The average Bonchev–Trinajstić information content (AvgIpc) is 3.30. The quantitative estimate of drug-likeness (QED) is 0.710. The van der Waals surface area contributed by atoms with Gasteiger partial charge in [0.15, 0.2) is 16.1 Å². The molecule has 1 aromatic carbocycles. The summed E-state index contributed by atoms with van der Waals surface area (Å²) in [5, 5.41) is 15.3. The van der Waals surface area contributed by atoms with Gasteiger partial charge in [-0.15, -0.1) is 10.2 Å². The van der Waals surface area contributed by atoms with Crippen molar-refractivity contribution in [3.63, 3.8) is 0 Å². The largest absolute Gasteiger partial charge is 0.342 e. The lowest BCUT2D eigenvalue weighted by molar-refractivity contribution is -0.117. The fraction of sp³-hybridized carbons (Fsp3) is 0.353. The standard InChI is InChI=1S/C17H20N6O2S2/c1-11(19-15(25)12-6-4-3-5-7-12)14-21-22-17(23(14)2)27-10-13(24)20-16-18-8-9-26-16/h3-7,11H,8-10H2,1-2H3,(H,19,25)(H,18,20,24)/t11-/m1/s1. The number of carbonyl (C=O) groups excluding carboxylic acids is 2. The van der Waals surface area contributed by atoms with Gasteiger partial charge >= 0.3 is 0 Å². The molecular weight excluding hydrogens is 384 g/mol. The van der Waals surface area contributed by atoms with Crippen molar-refractivity contribution in [2.45, 2.75) is 18.1 Å². The van der Waals surface area contributed by atoms with Crippen LogP contribution in [0.5, 0.6) is 0 Å². The number of hydrogen-bond donors (Lipinski definition) is 2. The first-order valence-corrected chi connectivity index (χ1v) is 10.4. The first-order valence-electron chi connectivity index (χ1n) is 8.39. The predicted molar refractivity (Wildman–Crippen MR) is 107 cm³/mol. The van der Waals surface area contributed by atoms with Gasteiger partial charge < -0.3 is 15.2 Å². The number of nitrogens with one attached hydrogen (secondary N) is 2. The summed E-state index contributed by atoms with van der Waals surface area (Å²) in [5.74, 6) is 1.45. The zero-order valence-electron chi connectivity index (χ0n) is 15.0. The Balaban J connectivity index is 1.55. The molecule has 1 aromatic heterocycles. The molecule has 2 aromatic rings. The third-order valence-electron chi connectivity index (χ3n) is 3.80. The second kappa shape index (κ2) is 9.05. The topological polar surface area (TPSA) is 101 Å². The number of carbonyl (C=O) groups is 2. The first-order chi connectivity index (χ1) is 13.0. The van der Waals surface area contributed by atoms with Crippen molar-refractivity contribution >= 4 is 40.5 Å². The lowest BCUT2D eigenvalue weighted by atomic mass is 10.2. The average molecular weight is 405 g/mol. The van der Waals surface area contributed by atoms with E-state index in [4.69, 9.17) is 0 Å². The molecule has 1 aliphatic heterocycles. The highest BCUT2D eigenvalue weighted by Gasteiger charge is 2.19. The molecule has 0 saturated heterocycles. The van der Waals surface area contributed by atoms with Gasteiger partial charge in [-0.2, -0.15) is 0 Å². The molecule has 8 nitrogen and oxygen atoms in total. The van der Waals surface area contributed by atoms with Crippen molar-refractivity contribution in [3.05, 3.63) is 41.7 Å². The molecular formula is C17H20N6O2S2. The molecule has 10 heteroatoms. The minimum atomic E-state index is -0.317. The maximum atomic E-state index is 12.3. The summed E-state index contributed by atoms with van der Waals surface area (Å²) in [5.41, 5.74) is 0.588. The van der Waals surface area contributed by atoms with Crippen LogP contribution in [0.25, 0.3) is 0 Å². The summed E-state index contributed by atoms with van der Waals surface area (Å²) >= 11 is 2.84. The van der Waals surface area contributed by atoms with Crippen molar-refractivity contribution < 1.29 is 9.59 Å². The molecule has 0 radical (unpaired) electrons. The van der Waals surface area contributed by atoms with Crippen LogP contribution in [0.2, 0.25) is 0 Å². The van der Waals surface area contributed by atoms with E-state index in [0.717, 1.165) is 12.3 Å². The van der Waals surface area contributed by atoms with Crippen LogP contribution in [0, 0.1) is 0 Å². The Hall–Kier alpha value is -2.33. The molecule has 1 aliphatic rings. The number of benzene rings is 1. The van der Waals surface area contributed by atoms with Crippen molar-refractivity contribution in [2.24, 2.45) is 12.0 Å². The van der Waals surface area contributed by atoms with Gasteiger partial charge in [-0.25, -0.2) is 0 Å². The minimum absolute atomic E-state index is 0.122. The lowest BCUT2D eigenvalue weighted by Crippen LogP contribution is -2.29. The van der Waals surface area contributed by atoms with Crippen molar-refractivity contribution in [2.75, 3.05) is 18.1 Å². The minimum Gasteiger partial charge on any atom is -0.342 e. The molecule has 27 heavy (non-hydrogen) atoms. The molecule has 2 N–H and O–H groups in total. The SMILES string of the molecule is C[C@@H](NC(=O)c1ccccc1)c1nnc(SCC(=O)NC2=NCCS2)n1C. The summed E-state index contributed by atoms with van der Waals surface area (Å²) in [6, 6.07) is 8.69. The van der Waals surface area contributed by atoms with Gasteiger partial charge in [0.25, 0.3) is 5.91 Å². The van der Waals surface area contributed by atoms with Crippen LogP contribution in [0.1, 0.15) is 29.1 Å². The summed E-state index contributed by atoms with van der Waals surface area (Å²) in [4.78, 5) is 28.5. The Morgan fingerprint density at radius 2 is 2.07 bits per heavy atom. The van der Waals surface area contributed by atoms with Crippen LogP contribution < -0.4 is 10.6 Å². The monoisotopic (exact) mass is 404 g/mol. The molecule has 0 bridgehead atoms. The fourth-order valence-corrected chi connectivity index (χ4v) is 3.92. The van der Waals surface area contributed by atoms with E-state index >= 15 is 0 Å². The van der Waals surface area contributed by atoms with E-state index in [0.29, 0.717) is 21.7 Å². The van der Waals surface area contributed by atoms with Crippen LogP contribution in [0.4, 0.5) is 0 Å². The second-order valence-electron chi connectivity index (χ2n) is 5.83. The van der Waals surface area contributed by atoms with Gasteiger partial charge in [0.05, 0.1) is 18.3 Å². The lowest BCUT2D eigenvalue weighted by Gasteiger charge is -2.13. The van der Waals surface area contributed by atoms with E-state index in [9.17, 15) is 9.59 Å². The Morgan fingerprint density at radius 1 is 1.30 bits per heavy atom. The summed E-state index contributed by atoms with van der Waals surface area (Å²) in [6.45, 7) is 2.59. The maximum Gasteiger partial charge on any atom is 0.251 e. The summed E-state index contributed by atoms with van der Waals surface area (Å²) in [7, 11) is 1.82. The molecule has 142 valence electrons. The molecule has 0 aliphatic carbocycles. The molecule has 0 fully saturated rings. The third kappa shape index (κ3) is 5.10. The predicted octanol–water partition coefficient (Wildman–Crippen LogP) is 1.62. The highest BCUT2D eigenvalue weighted by Crippen LogP contribution is 2.19. The maximum absolute atomic E-state index is 12.3. The third-order valence-corrected chi connectivity index (χ3v) is 5.72. The number of hydrogen-bond acceptors (Lipinski definition) is 7. The Kier molecular flexibility index (Phi) is 6.51. The highest BCUT2D eigenvalue weighted by molar-refractivity contribution is 8.14. The smallest absolute Gasteiger partial charge is 0.251 e. The summed E-state index contributed by atoms with van der Waals surface area (Å²) < 4.78 is 1.79. The van der Waals surface area contributed by atoms with E-state index in [1.807, 2.05) is 32.2 Å². The molecule has 1 atom stereocenters. The molecule has 3 rings (SSSR count). The number of aliphatic imine (C=N–C) groups is 1. The van der Waals surface area contributed by atoms with E-state index in [1.165, 1.54) is 11.8 Å². The number of rotatable bonds is 6. The van der Waals surface area contributed by atoms with Crippen LogP contribution in [0.15, 0.2) is 40.5 Å². The van der Waals surface area contributed by atoms with E-state index in [2.05, 4.69) is 25.8 Å². The van der Waals surface area contributed by atoms with Crippen LogP contribution >= 0.6 is 23.5 Å². The highest BCUT2D eigenvalue weighted by atomic mass is 32.2. The molecule has 0 saturated carbocycles. The fourth-order valence-electron chi connectivity index (χ4n) is 2.46. The van der Waals surface area contributed by atoms with Gasteiger partial charge in [-0.1, -0.05) is 41.7 Å². The molecule has 0 unspecified atom stereocenters. The van der Waals surface area contributed by atoms with Gasteiger partial charge in [-0.3, -0.25) is 14.6 Å². The number of thioether (sulfide) groups is 2. The van der Waals surface area contributed by atoms with Gasteiger partial charge in [0.1, 0.15) is 0 Å². The second-order valence-corrected chi connectivity index (χ2v) is 7.86. The number of amides is 2. The molecule has 2 amide bonds. The van der Waals surface area contributed by atoms with E-state index in [1.54, 1.807) is 28.5 Å². The van der Waals surface area contributed by atoms with Crippen LogP contribution in [0.3, 0.4) is 0 Å². The number of aromatic nitrogens is 3. The zero-order chi connectivity index (χ0) is 19.2. The Morgan fingerprint density at radius 3 is 2.78 bits per heavy atom. The number of nitrogens with zero attached hydrogens (tertiary/aromatic N) is 4. The van der Waals surface area contributed by atoms with Gasteiger partial charge in [0.2, 0.25) is 5.91 Å². The van der Waals surface area contributed by atoms with Crippen LogP contribution in [-0.4, -0.2) is 49.8 Å². The van der Waals surface area contributed by atoms with E-state index in [-0.39, 0.29) is 23.6 Å². The van der Waals surface area contributed by atoms with Crippen LogP contribution in [-0.2, 0) is 11.8 Å². The molecule has 0 spiro atoms.